The van der Waals surface area contributed by atoms with E-state index in [1.54, 1.807) is 0 Å². The van der Waals surface area contributed by atoms with Crippen molar-refractivity contribution in [2.75, 3.05) is 12.3 Å². The molecule has 1 aliphatic rings. The molecule has 1 aliphatic heterocycles. The second kappa shape index (κ2) is 7.56. The third-order valence-corrected chi connectivity index (χ3v) is 3.92. The number of hydrogen-bond acceptors (Lipinski definition) is 11. The number of fused-ring (bicyclic) bond motifs is 1. The Morgan fingerprint density at radius 2 is 2.12 bits per heavy atom. The summed E-state index contributed by atoms with van der Waals surface area (Å²) in [5, 5.41) is 20.0. The van der Waals surface area contributed by atoms with Gasteiger partial charge in [0.05, 0.1) is 20.8 Å². The number of aromatic nitrogens is 4. The number of hydrogen-bond donors (Lipinski definition) is 4. The fourth-order valence-corrected chi connectivity index (χ4v) is 2.72. The molecule has 5 N–H and O–H groups in total. The van der Waals surface area contributed by atoms with Crippen LogP contribution < -0.4 is 21.1 Å². The van der Waals surface area contributed by atoms with Gasteiger partial charge in [-0.25, -0.2) is 4.98 Å². The minimum absolute atomic E-state index is 0. The quantitative estimate of drug-likeness (QED) is 0.285. The third kappa shape index (κ3) is 4.22. The summed E-state index contributed by atoms with van der Waals surface area (Å²) in [5.41, 5.74) is 4.77. The molecule has 0 bridgehead atoms. The van der Waals surface area contributed by atoms with Gasteiger partial charge in [-0.3, -0.25) is 14.3 Å². The van der Waals surface area contributed by atoms with Crippen molar-refractivity contribution in [1.82, 2.24) is 19.5 Å². The molecule has 4 atom stereocenters. The fourth-order valence-electron chi connectivity index (χ4n) is 2.39. The number of aliphatic hydroxyl groups excluding tert-OH is 2. The maximum Gasteiger partial charge on any atom is 2.00 e. The molecular formula is C10H12CaN5O8P. The van der Waals surface area contributed by atoms with Crippen LogP contribution in [0.25, 0.3) is 11.2 Å². The predicted molar refractivity (Wildman–Crippen MR) is 77.8 cm³/mol. The molecule has 15 heteroatoms. The van der Waals surface area contributed by atoms with E-state index in [1.165, 1.54) is 0 Å². The van der Waals surface area contributed by atoms with Crippen LogP contribution in [0.3, 0.4) is 0 Å². The monoisotopic (exact) mass is 401 g/mol. The van der Waals surface area contributed by atoms with E-state index < -0.39 is 44.5 Å². The summed E-state index contributed by atoms with van der Waals surface area (Å²) in [6.45, 7) is -0.776. The van der Waals surface area contributed by atoms with Crippen LogP contribution in [-0.2, 0) is 13.8 Å². The Kier molecular flexibility index (Phi) is 6.26. The number of aromatic amines is 1. The summed E-state index contributed by atoms with van der Waals surface area (Å²) >= 11 is 0. The molecule has 0 aliphatic carbocycles. The van der Waals surface area contributed by atoms with Gasteiger partial charge in [0.2, 0.25) is 5.95 Å². The number of nitrogen functional groups attached to an aromatic ring is 1. The third-order valence-electron chi connectivity index (χ3n) is 3.46. The van der Waals surface area contributed by atoms with E-state index in [0.29, 0.717) is 0 Å². The fraction of sp³-hybridized carbons (Fsp3) is 0.500. The number of nitrogens with zero attached hydrogens (tertiary/aromatic N) is 3. The van der Waals surface area contributed by atoms with Crippen LogP contribution in [0.2, 0.25) is 0 Å². The average molecular weight is 401 g/mol. The Bertz CT molecular complexity index is 867. The van der Waals surface area contributed by atoms with Crippen molar-refractivity contribution in [3.05, 3.63) is 16.7 Å². The standard InChI is InChI=1S/C10H14N5O8P.Ca/c11-10-13-7-4(8(18)14-10)12-2-15(7)9-6(17)5(16)3(23-9)1-22-24(19,20)21;/h2-3,5-6,9,16-17H,1H2,(H2,19,20,21)(H3,11,13,14,18);/q;+2/p-2. The minimum Gasteiger partial charge on any atom is -0.790 e. The summed E-state index contributed by atoms with van der Waals surface area (Å²) in [4.78, 5) is 42.7. The second-order valence-corrected chi connectivity index (χ2v) is 6.22. The number of H-pyrrole nitrogens is 1. The van der Waals surface area contributed by atoms with Crippen LogP contribution >= 0.6 is 7.82 Å². The number of anilines is 1. The van der Waals surface area contributed by atoms with Crippen LogP contribution in [0, 0.1) is 0 Å². The van der Waals surface area contributed by atoms with Crippen LogP contribution in [-0.4, -0.2) is 92.4 Å². The van der Waals surface area contributed by atoms with Gasteiger partial charge >= 0.3 is 37.7 Å². The average Bonchev–Trinajstić information content (AvgIpc) is 3.00. The molecule has 132 valence electrons. The van der Waals surface area contributed by atoms with Gasteiger partial charge in [0.1, 0.15) is 18.3 Å². The maximum atomic E-state index is 11.7. The molecule has 2 aromatic heterocycles. The van der Waals surface area contributed by atoms with Crippen molar-refractivity contribution in [3.8, 4) is 0 Å². The summed E-state index contributed by atoms with van der Waals surface area (Å²) < 4.78 is 21.0. The van der Waals surface area contributed by atoms with Crippen molar-refractivity contribution < 1.29 is 33.8 Å². The van der Waals surface area contributed by atoms with Crippen LogP contribution in [0.5, 0.6) is 0 Å². The van der Waals surface area contributed by atoms with Gasteiger partial charge in [0.25, 0.3) is 5.56 Å². The zero-order chi connectivity index (χ0) is 17.6. The molecule has 4 unspecified atom stereocenters. The molecule has 25 heavy (non-hydrogen) atoms. The first-order valence-electron chi connectivity index (χ1n) is 6.58. The normalized spacial score (nSPS) is 26.7. The van der Waals surface area contributed by atoms with E-state index >= 15 is 0 Å². The van der Waals surface area contributed by atoms with Crippen LogP contribution in [0.1, 0.15) is 6.23 Å². The molecule has 0 radical (unpaired) electrons. The number of nitrogens with two attached hydrogens (primary N) is 1. The van der Waals surface area contributed by atoms with Crippen molar-refractivity contribution in [3.63, 3.8) is 0 Å². The molecule has 1 fully saturated rings. The Labute approximate surface area is 169 Å². The summed E-state index contributed by atoms with van der Waals surface area (Å²) in [5.74, 6) is -0.194. The molecule has 0 aromatic carbocycles. The minimum atomic E-state index is -5.26. The largest absolute Gasteiger partial charge is 2.00 e. The van der Waals surface area contributed by atoms with Crippen LogP contribution in [0.4, 0.5) is 5.95 Å². The number of phosphoric ester groups is 1. The van der Waals surface area contributed by atoms with E-state index in [0.717, 1.165) is 10.9 Å². The molecule has 13 nitrogen and oxygen atoms in total. The van der Waals surface area contributed by atoms with E-state index in [4.69, 9.17) is 10.5 Å². The van der Waals surface area contributed by atoms with E-state index in [1.807, 2.05) is 0 Å². The van der Waals surface area contributed by atoms with E-state index in [2.05, 4.69) is 19.5 Å². The van der Waals surface area contributed by atoms with E-state index in [-0.39, 0.29) is 54.9 Å². The van der Waals surface area contributed by atoms with Crippen molar-refractivity contribution in [1.29, 1.82) is 0 Å². The first kappa shape index (κ1) is 20.7. The van der Waals surface area contributed by atoms with Crippen molar-refractivity contribution in [2.45, 2.75) is 24.5 Å². The van der Waals surface area contributed by atoms with Gasteiger partial charge < -0.3 is 39.6 Å². The van der Waals surface area contributed by atoms with Gasteiger partial charge in [0.15, 0.2) is 17.4 Å². The molecule has 3 heterocycles. The van der Waals surface area contributed by atoms with E-state index in [9.17, 15) is 29.4 Å². The number of nitrogens with one attached hydrogen (secondary N) is 1. The summed E-state index contributed by atoms with van der Waals surface area (Å²) in [7, 11) is -5.26. The SMILES string of the molecule is Nc1nc2c(ncn2C2OC(COP(=O)([O-])[O-])C(O)C2O)c(=O)[nH]1.[Ca+2]. The number of imidazole rings is 1. The first-order chi connectivity index (χ1) is 11.2. The molecule has 2 aromatic rings. The van der Waals surface area contributed by atoms with Crippen molar-refractivity contribution >= 4 is 62.7 Å². The molecule has 3 rings (SSSR count). The number of phosphoric acid groups is 1. The van der Waals surface area contributed by atoms with Gasteiger partial charge in [-0.15, -0.1) is 0 Å². The second-order valence-electron chi connectivity index (χ2n) is 5.06. The molecular weight excluding hydrogens is 389 g/mol. The zero-order valence-corrected chi connectivity index (χ0v) is 15.6. The molecule has 0 amide bonds. The first-order valence-corrected chi connectivity index (χ1v) is 8.04. The molecule has 0 saturated carbocycles. The van der Waals surface area contributed by atoms with Gasteiger partial charge in [-0.2, -0.15) is 4.98 Å². The van der Waals surface area contributed by atoms with Crippen LogP contribution in [0.15, 0.2) is 11.1 Å². The smallest absolute Gasteiger partial charge is 0.790 e. The Hall–Kier alpha value is -0.600. The number of ether oxygens (including phenoxy) is 1. The Morgan fingerprint density at radius 3 is 2.76 bits per heavy atom. The van der Waals surface area contributed by atoms with Gasteiger partial charge in [-0.1, -0.05) is 0 Å². The van der Waals surface area contributed by atoms with Gasteiger partial charge in [0, 0.05) is 0 Å². The summed E-state index contributed by atoms with van der Waals surface area (Å²) in [6.07, 6.45) is -4.46. The topological polar surface area (TPSA) is 212 Å². The van der Waals surface area contributed by atoms with Crippen molar-refractivity contribution in [2.24, 2.45) is 0 Å². The number of rotatable bonds is 4. The predicted octanol–water partition coefficient (Wildman–Crippen LogP) is -4.21. The Balaban J connectivity index is 0.00000225. The Morgan fingerprint density at radius 1 is 1.44 bits per heavy atom. The molecule has 0 spiro atoms. The zero-order valence-electron chi connectivity index (χ0n) is 12.5. The molecule has 1 saturated heterocycles. The number of aliphatic hydroxyl groups is 2. The van der Waals surface area contributed by atoms with Gasteiger partial charge in [-0.05, 0) is 0 Å². The summed E-state index contributed by atoms with van der Waals surface area (Å²) in [6, 6.07) is 0. The maximum absolute atomic E-state index is 11.7.